The van der Waals surface area contributed by atoms with Crippen molar-refractivity contribution >= 4 is 21.4 Å². The third kappa shape index (κ3) is 3.17. The lowest BCUT2D eigenvalue weighted by Crippen LogP contribution is -1.94. The van der Waals surface area contributed by atoms with Crippen molar-refractivity contribution in [3.63, 3.8) is 0 Å². The van der Waals surface area contributed by atoms with Gasteiger partial charge in [0, 0.05) is 16.1 Å². The largest absolute Gasteiger partial charge is 0.497 e. The maximum atomic E-state index is 5.81. The van der Waals surface area contributed by atoms with Crippen LogP contribution in [0.4, 0.5) is 0 Å². The Morgan fingerprint density at radius 1 is 1.00 bits per heavy atom. The van der Waals surface area contributed by atoms with Crippen LogP contribution in [0.3, 0.4) is 0 Å². The molecule has 108 valence electrons. The van der Waals surface area contributed by atoms with Gasteiger partial charge in [-0.25, -0.2) is 0 Å². The second-order valence-electron chi connectivity index (χ2n) is 4.75. The summed E-state index contributed by atoms with van der Waals surface area (Å²) in [5.41, 5.74) is 6.83. The Morgan fingerprint density at radius 3 is 2.48 bits per heavy atom. The lowest BCUT2D eigenvalue weighted by Gasteiger charge is -2.05. The molecule has 0 aliphatic heterocycles. The maximum Gasteiger partial charge on any atom is 0.122 e. The van der Waals surface area contributed by atoms with Gasteiger partial charge in [-0.15, -0.1) is 11.3 Å². The van der Waals surface area contributed by atoms with Gasteiger partial charge in [-0.05, 0) is 47.3 Å². The van der Waals surface area contributed by atoms with Crippen molar-refractivity contribution in [2.45, 2.75) is 13.2 Å². The normalized spacial score (nSPS) is 10.8. The molecule has 3 nitrogen and oxygen atoms in total. The van der Waals surface area contributed by atoms with E-state index in [1.807, 2.05) is 24.3 Å². The van der Waals surface area contributed by atoms with Gasteiger partial charge < -0.3 is 15.2 Å². The molecule has 0 radical (unpaired) electrons. The smallest absolute Gasteiger partial charge is 0.122 e. The van der Waals surface area contributed by atoms with Crippen molar-refractivity contribution in [3.05, 3.63) is 59.0 Å². The molecule has 0 saturated heterocycles. The molecule has 2 N–H and O–H groups in total. The van der Waals surface area contributed by atoms with Crippen LogP contribution in [0.2, 0.25) is 0 Å². The number of hydrogen-bond donors (Lipinski definition) is 1. The van der Waals surface area contributed by atoms with E-state index in [1.165, 1.54) is 15.0 Å². The molecule has 0 fully saturated rings. The number of methoxy groups -OCH3 is 1. The Hall–Kier alpha value is -2.04. The van der Waals surface area contributed by atoms with E-state index in [-0.39, 0.29) is 0 Å². The third-order valence-electron chi connectivity index (χ3n) is 3.31. The highest BCUT2D eigenvalue weighted by Crippen LogP contribution is 2.28. The summed E-state index contributed by atoms with van der Waals surface area (Å²) in [6.45, 7) is 1.15. The van der Waals surface area contributed by atoms with Crippen LogP contribution in [0.5, 0.6) is 11.5 Å². The van der Waals surface area contributed by atoms with Crippen molar-refractivity contribution in [1.29, 1.82) is 0 Å². The maximum absolute atomic E-state index is 5.81. The highest BCUT2D eigenvalue weighted by molar-refractivity contribution is 7.19. The molecule has 2 aromatic carbocycles. The number of fused-ring (bicyclic) bond motifs is 1. The van der Waals surface area contributed by atoms with Crippen molar-refractivity contribution in [2.24, 2.45) is 5.73 Å². The molecular weight excluding hydrogens is 282 g/mol. The first-order chi connectivity index (χ1) is 10.3. The monoisotopic (exact) mass is 299 g/mol. The molecular formula is C17H17NO2S. The van der Waals surface area contributed by atoms with E-state index in [2.05, 4.69) is 24.3 Å². The minimum Gasteiger partial charge on any atom is -0.497 e. The van der Waals surface area contributed by atoms with Crippen molar-refractivity contribution in [2.75, 3.05) is 7.11 Å². The van der Waals surface area contributed by atoms with Crippen LogP contribution in [-0.4, -0.2) is 7.11 Å². The molecule has 0 spiro atoms. The van der Waals surface area contributed by atoms with Crippen LogP contribution in [-0.2, 0) is 13.2 Å². The number of thiophene rings is 1. The quantitative estimate of drug-likeness (QED) is 0.776. The van der Waals surface area contributed by atoms with E-state index in [4.69, 9.17) is 15.2 Å². The SMILES string of the molecule is COc1ccc(OCc2cc3ccc(CN)cc3s2)cc1. The van der Waals surface area contributed by atoms with E-state index in [1.54, 1.807) is 18.4 Å². The van der Waals surface area contributed by atoms with Gasteiger partial charge in [0.1, 0.15) is 18.1 Å². The number of benzene rings is 2. The average molecular weight is 299 g/mol. The van der Waals surface area contributed by atoms with Crippen molar-refractivity contribution < 1.29 is 9.47 Å². The van der Waals surface area contributed by atoms with E-state index in [0.717, 1.165) is 17.1 Å². The van der Waals surface area contributed by atoms with Gasteiger partial charge in [-0.1, -0.05) is 12.1 Å². The Bertz CT molecular complexity index is 734. The Kier molecular flexibility index (Phi) is 4.08. The van der Waals surface area contributed by atoms with Crippen LogP contribution in [0.25, 0.3) is 10.1 Å². The number of rotatable bonds is 5. The van der Waals surface area contributed by atoms with Gasteiger partial charge in [0.15, 0.2) is 0 Å². The topological polar surface area (TPSA) is 44.5 Å². The summed E-state index contributed by atoms with van der Waals surface area (Å²) in [6, 6.07) is 16.1. The first-order valence-corrected chi connectivity index (χ1v) is 7.58. The highest BCUT2D eigenvalue weighted by atomic mass is 32.1. The summed E-state index contributed by atoms with van der Waals surface area (Å²) in [4.78, 5) is 1.20. The lowest BCUT2D eigenvalue weighted by atomic mass is 10.2. The molecule has 1 aromatic heterocycles. The Labute approximate surface area is 127 Å². The molecule has 0 amide bonds. The molecule has 0 aliphatic rings. The van der Waals surface area contributed by atoms with E-state index < -0.39 is 0 Å². The van der Waals surface area contributed by atoms with Gasteiger partial charge >= 0.3 is 0 Å². The summed E-state index contributed by atoms with van der Waals surface area (Å²) >= 11 is 1.75. The molecule has 0 atom stereocenters. The van der Waals surface area contributed by atoms with Gasteiger partial charge in [0.2, 0.25) is 0 Å². The summed E-state index contributed by atoms with van der Waals surface area (Å²) in [6.07, 6.45) is 0. The second kappa shape index (κ2) is 6.16. The standard InChI is InChI=1S/C17H17NO2S/c1-19-14-4-6-15(7-5-14)20-11-16-9-13-3-2-12(10-18)8-17(13)21-16/h2-9H,10-11,18H2,1H3. The fourth-order valence-corrected chi connectivity index (χ4v) is 3.20. The fraction of sp³-hybridized carbons (Fsp3) is 0.176. The molecule has 0 bridgehead atoms. The molecule has 1 heterocycles. The molecule has 0 unspecified atom stereocenters. The van der Waals surface area contributed by atoms with E-state index in [9.17, 15) is 0 Å². The zero-order chi connectivity index (χ0) is 14.7. The third-order valence-corrected chi connectivity index (χ3v) is 4.38. The van der Waals surface area contributed by atoms with Crippen LogP contribution in [0, 0.1) is 0 Å². The lowest BCUT2D eigenvalue weighted by molar-refractivity contribution is 0.309. The number of ether oxygens (including phenoxy) is 2. The zero-order valence-corrected chi connectivity index (χ0v) is 12.7. The van der Waals surface area contributed by atoms with Crippen LogP contribution >= 0.6 is 11.3 Å². The molecule has 21 heavy (non-hydrogen) atoms. The molecule has 3 aromatic rings. The summed E-state index contributed by atoms with van der Waals surface area (Å²) in [5, 5.41) is 1.24. The second-order valence-corrected chi connectivity index (χ2v) is 5.92. The predicted octanol–water partition coefficient (Wildman–Crippen LogP) is 3.95. The molecule has 3 rings (SSSR count). The fourth-order valence-electron chi connectivity index (χ4n) is 2.16. The van der Waals surface area contributed by atoms with Gasteiger partial charge in [0.25, 0.3) is 0 Å². The molecule has 4 heteroatoms. The highest BCUT2D eigenvalue weighted by Gasteiger charge is 2.04. The van der Waals surface area contributed by atoms with Gasteiger partial charge in [-0.2, -0.15) is 0 Å². The summed E-state index contributed by atoms with van der Waals surface area (Å²) in [7, 11) is 1.66. The Morgan fingerprint density at radius 2 is 1.76 bits per heavy atom. The number of hydrogen-bond acceptors (Lipinski definition) is 4. The first kappa shape index (κ1) is 13.9. The minimum absolute atomic E-state index is 0.573. The van der Waals surface area contributed by atoms with E-state index in [0.29, 0.717) is 13.2 Å². The van der Waals surface area contributed by atoms with Crippen LogP contribution in [0.1, 0.15) is 10.4 Å². The number of nitrogens with two attached hydrogens (primary N) is 1. The summed E-state index contributed by atoms with van der Waals surface area (Å²) < 4.78 is 12.2. The van der Waals surface area contributed by atoms with Crippen molar-refractivity contribution in [3.8, 4) is 11.5 Å². The predicted molar refractivity (Wildman–Crippen MR) is 87.0 cm³/mol. The molecule has 0 aliphatic carbocycles. The summed E-state index contributed by atoms with van der Waals surface area (Å²) in [5.74, 6) is 1.68. The van der Waals surface area contributed by atoms with Crippen LogP contribution < -0.4 is 15.2 Å². The Balaban J connectivity index is 1.72. The molecule has 0 saturated carbocycles. The minimum atomic E-state index is 0.573. The first-order valence-electron chi connectivity index (χ1n) is 6.77. The zero-order valence-electron chi connectivity index (χ0n) is 11.8. The average Bonchev–Trinajstić information content (AvgIpc) is 2.95. The van der Waals surface area contributed by atoms with Crippen molar-refractivity contribution in [1.82, 2.24) is 0 Å². The van der Waals surface area contributed by atoms with Gasteiger partial charge in [0.05, 0.1) is 7.11 Å². The van der Waals surface area contributed by atoms with Crippen LogP contribution in [0.15, 0.2) is 48.5 Å². The van der Waals surface area contributed by atoms with E-state index >= 15 is 0 Å². The van der Waals surface area contributed by atoms with Gasteiger partial charge in [-0.3, -0.25) is 0 Å².